The first kappa shape index (κ1) is 11.5. The van der Waals surface area contributed by atoms with Gasteiger partial charge in [-0.05, 0) is 31.5 Å². The largest absolute Gasteiger partial charge is 0.307 e. The number of rotatable bonds is 4. The van der Waals surface area contributed by atoms with E-state index in [1.54, 1.807) is 12.1 Å². The molecule has 0 saturated heterocycles. The first-order valence-electron chi connectivity index (χ1n) is 4.59. The van der Waals surface area contributed by atoms with Crippen LogP contribution in [-0.4, -0.2) is 11.4 Å². The van der Waals surface area contributed by atoms with E-state index in [0.717, 1.165) is 5.56 Å². The van der Waals surface area contributed by atoms with E-state index in [9.17, 15) is 4.39 Å². The Bertz CT molecular complexity index is 282. The van der Waals surface area contributed by atoms with E-state index in [-0.39, 0.29) is 11.4 Å². The van der Waals surface area contributed by atoms with Gasteiger partial charge in [-0.1, -0.05) is 12.1 Å². The average Bonchev–Trinajstić information content (AvgIpc) is 2.17. The molecular formula is C11H15ClFN. The number of alkyl halides is 1. The molecule has 78 valence electrons. The smallest absolute Gasteiger partial charge is 0.123 e. The monoisotopic (exact) mass is 215 g/mol. The quantitative estimate of drug-likeness (QED) is 0.762. The number of hydrogen-bond acceptors (Lipinski definition) is 1. The fourth-order valence-corrected chi connectivity index (χ4v) is 1.09. The maximum Gasteiger partial charge on any atom is 0.123 e. The molecule has 0 unspecified atom stereocenters. The normalized spacial score (nSPS) is 11.7. The molecule has 1 aromatic rings. The van der Waals surface area contributed by atoms with E-state index in [1.807, 2.05) is 13.8 Å². The summed E-state index contributed by atoms with van der Waals surface area (Å²) < 4.78 is 12.6. The van der Waals surface area contributed by atoms with Gasteiger partial charge in [-0.25, -0.2) is 4.39 Å². The molecule has 3 heteroatoms. The molecule has 0 aliphatic carbocycles. The fraction of sp³-hybridized carbons (Fsp3) is 0.455. The Morgan fingerprint density at radius 2 is 1.86 bits per heavy atom. The van der Waals surface area contributed by atoms with E-state index in [4.69, 9.17) is 11.6 Å². The van der Waals surface area contributed by atoms with Crippen LogP contribution in [0.15, 0.2) is 24.3 Å². The lowest BCUT2D eigenvalue weighted by molar-refractivity contribution is 0.429. The second-order valence-corrected chi connectivity index (χ2v) is 4.26. The van der Waals surface area contributed by atoms with Crippen molar-refractivity contribution in [2.75, 3.05) is 5.88 Å². The summed E-state index contributed by atoms with van der Waals surface area (Å²) in [7, 11) is 0. The molecule has 1 rings (SSSR count). The predicted octanol–water partition coefficient (Wildman–Crippen LogP) is 2.93. The lowest BCUT2D eigenvalue weighted by Crippen LogP contribution is -2.40. The van der Waals surface area contributed by atoms with Crippen LogP contribution in [0, 0.1) is 5.82 Å². The van der Waals surface area contributed by atoms with Gasteiger partial charge in [0.1, 0.15) is 5.82 Å². The highest BCUT2D eigenvalue weighted by Crippen LogP contribution is 2.08. The van der Waals surface area contributed by atoms with Crippen LogP contribution >= 0.6 is 11.6 Å². The summed E-state index contributed by atoms with van der Waals surface area (Å²) >= 11 is 5.76. The van der Waals surface area contributed by atoms with Crippen molar-refractivity contribution in [2.24, 2.45) is 0 Å². The molecule has 0 fully saturated rings. The highest BCUT2D eigenvalue weighted by molar-refractivity contribution is 6.18. The lowest BCUT2D eigenvalue weighted by atomic mass is 10.1. The summed E-state index contributed by atoms with van der Waals surface area (Å²) in [6.45, 7) is 4.77. The molecule has 14 heavy (non-hydrogen) atoms. The summed E-state index contributed by atoms with van der Waals surface area (Å²) in [5.74, 6) is 0.346. The third-order valence-corrected chi connectivity index (χ3v) is 2.69. The van der Waals surface area contributed by atoms with Gasteiger partial charge in [-0.2, -0.15) is 0 Å². The van der Waals surface area contributed by atoms with Gasteiger partial charge in [-0.3, -0.25) is 0 Å². The van der Waals surface area contributed by atoms with E-state index < -0.39 is 0 Å². The van der Waals surface area contributed by atoms with E-state index >= 15 is 0 Å². The number of benzene rings is 1. The zero-order valence-electron chi connectivity index (χ0n) is 8.48. The van der Waals surface area contributed by atoms with Crippen LogP contribution in [0.25, 0.3) is 0 Å². The Morgan fingerprint density at radius 3 is 2.36 bits per heavy atom. The van der Waals surface area contributed by atoms with Crippen molar-refractivity contribution >= 4 is 11.6 Å². The van der Waals surface area contributed by atoms with Gasteiger partial charge < -0.3 is 5.32 Å². The number of hydrogen-bond donors (Lipinski definition) is 1. The van der Waals surface area contributed by atoms with E-state index in [0.29, 0.717) is 12.4 Å². The molecule has 0 atom stereocenters. The van der Waals surface area contributed by atoms with Gasteiger partial charge in [0, 0.05) is 18.0 Å². The SMILES string of the molecule is CC(C)(CCl)NCc1ccc(F)cc1. The Hall–Kier alpha value is -0.600. The fourth-order valence-electron chi connectivity index (χ4n) is 0.991. The first-order chi connectivity index (χ1) is 6.53. The van der Waals surface area contributed by atoms with Crippen molar-refractivity contribution in [3.8, 4) is 0 Å². The van der Waals surface area contributed by atoms with Gasteiger partial charge in [0.05, 0.1) is 0 Å². The third-order valence-electron chi connectivity index (χ3n) is 2.02. The molecule has 0 radical (unpaired) electrons. The molecule has 1 N–H and O–H groups in total. The Kier molecular flexibility index (Phi) is 3.90. The average molecular weight is 216 g/mol. The third kappa shape index (κ3) is 3.64. The number of halogens is 2. The summed E-state index contributed by atoms with van der Waals surface area (Å²) in [5, 5.41) is 3.29. The van der Waals surface area contributed by atoms with Crippen molar-refractivity contribution in [3.63, 3.8) is 0 Å². The zero-order valence-corrected chi connectivity index (χ0v) is 9.24. The van der Waals surface area contributed by atoms with Crippen LogP contribution in [-0.2, 0) is 6.54 Å². The molecular weight excluding hydrogens is 201 g/mol. The van der Waals surface area contributed by atoms with Gasteiger partial charge in [0.25, 0.3) is 0 Å². The Morgan fingerprint density at radius 1 is 1.29 bits per heavy atom. The minimum atomic E-state index is -0.203. The molecule has 0 heterocycles. The predicted molar refractivity (Wildman–Crippen MR) is 58.0 cm³/mol. The topological polar surface area (TPSA) is 12.0 Å². The summed E-state index contributed by atoms with van der Waals surface area (Å²) in [6, 6.07) is 6.47. The van der Waals surface area contributed by atoms with Crippen LogP contribution in [0.5, 0.6) is 0 Å². The van der Waals surface area contributed by atoms with Crippen LogP contribution < -0.4 is 5.32 Å². The summed E-state index contributed by atoms with van der Waals surface area (Å²) in [5.41, 5.74) is 0.972. The van der Waals surface area contributed by atoms with Crippen molar-refractivity contribution in [1.29, 1.82) is 0 Å². The molecule has 1 aromatic carbocycles. The van der Waals surface area contributed by atoms with Gasteiger partial charge in [-0.15, -0.1) is 11.6 Å². The van der Waals surface area contributed by atoms with Crippen LogP contribution in [0.3, 0.4) is 0 Å². The molecule has 0 amide bonds. The molecule has 0 spiro atoms. The minimum Gasteiger partial charge on any atom is -0.307 e. The van der Waals surface area contributed by atoms with Crippen LogP contribution in [0.2, 0.25) is 0 Å². The van der Waals surface area contributed by atoms with Gasteiger partial charge in [0.2, 0.25) is 0 Å². The van der Waals surface area contributed by atoms with Crippen LogP contribution in [0.1, 0.15) is 19.4 Å². The summed E-state index contributed by atoms with van der Waals surface area (Å²) in [4.78, 5) is 0. The van der Waals surface area contributed by atoms with Crippen molar-refractivity contribution < 1.29 is 4.39 Å². The van der Waals surface area contributed by atoms with Crippen LogP contribution in [0.4, 0.5) is 4.39 Å². The van der Waals surface area contributed by atoms with Crippen molar-refractivity contribution in [1.82, 2.24) is 5.32 Å². The molecule has 0 bridgehead atoms. The van der Waals surface area contributed by atoms with Gasteiger partial charge >= 0.3 is 0 Å². The Balaban J connectivity index is 2.50. The van der Waals surface area contributed by atoms with Crippen molar-refractivity contribution in [3.05, 3.63) is 35.6 Å². The first-order valence-corrected chi connectivity index (χ1v) is 5.12. The standard InChI is InChI=1S/C11H15ClFN/c1-11(2,8-12)14-7-9-3-5-10(13)6-4-9/h3-6,14H,7-8H2,1-2H3. The van der Waals surface area contributed by atoms with E-state index in [1.165, 1.54) is 12.1 Å². The second kappa shape index (κ2) is 4.76. The highest BCUT2D eigenvalue weighted by Gasteiger charge is 2.14. The maximum atomic E-state index is 12.6. The molecule has 1 nitrogen and oxygen atoms in total. The lowest BCUT2D eigenvalue weighted by Gasteiger charge is -2.23. The maximum absolute atomic E-state index is 12.6. The highest BCUT2D eigenvalue weighted by atomic mass is 35.5. The molecule has 0 aromatic heterocycles. The minimum absolute atomic E-state index is 0.0874. The number of nitrogens with one attached hydrogen (secondary N) is 1. The van der Waals surface area contributed by atoms with E-state index in [2.05, 4.69) is 5.32 Å². The summed E-state index contributed by atoms with van der Waals surface area (Å²) in [6.07, 6.45) is 0. The van der Waals surface area contributed by atoms with Crippen molar-refractivity contribution in [2.45, 2.75) is 25.9 Å². The second-order valence-electron chi connectivity index (χ2n) is 4.00. The van der Waals surface area contributed by atoms with Gasteiger partial charge in [0.15, 0.2) is 0 Å². The Labute approximate surface area is 89.3 Å². The molecule has 0 aliphatic heterocycles. The molecule has 0 aliphatic rings. The zero-order chi connectivity index (χ0) is 10.6. The molecule has 0 saturated carbocycles.